The average Bonchev–Trinajstić information content (AvgIpc) is 1.61. The lowest BCUT2D eigenvalue weighted by Crippen LogP contribution is -2.41. The SMILES string of the molecule is CC1(C)OB(c2ccc(OC3CCOCC3)c(C#N)c2)OC1(C)C.CCC.COc1nc(C(=O)N(C)C)ccc1-c1cc2nccc(-c3ccc(OC4CCOCC4)c(C#N)c3)c2o1.COc1nc(C(=O)N(C)C)ccc1-c1cc2nccc(Cl)c2o1.COc1nc(C(=O)O)ccc1Br.Cc1nc(C(=O)N(C)C)ccc1B1OC(C)(C)C(C)(C)O1.Cc1nc(C(=O)N(C)C)ccc1Br.Clc1ccnc2cc(I)oc12.[2H][B]P. The molecule has 34 nitrogen and oxygen atoms in total. The third-order valence-electron chi connectivity index (χ3n) is 23.1. The third-order valence-corrected chi connectivity index (χ3v) is 25.7. The Morgan fingerprint density at radius 2 is 0.863 bits per heavy atom. The Bertz CT molecular complexity index is 6830. The first-order valence-electron chi connectivity index (χ1n) is 46.6. The number of carbonyl (C=O) groups excluding carboxylic acids is 4. The van der Waals surface area contributed by atoms with Crippen molar-refractivity contribution in [3.05, 3.63) is 226 Å². The Hall–Kier alpha value is -11.8. The van der Waals surface area contributed by atoms with E-state index in [0.29, 0.717) is 137 Å². The molecule has 1 atom stereocenters. The topological polar surface area (TPSA) is 410 Å². The van der Waals surface area contributed by atoms with Gasteiger partial charge in [0.15, 0.2) is 26.2 Å². The number of fused-ring (bicyclic) bond motifs is 3. The minimum atomic E-state index is -1.07. The Balaban J connectivity index is 0.000000196. The molecule has 1 N–H and O–H groups in total. The van der Waals surface area contributed by atoms with Crippen molar-refractivity contribution in [1.82, 2.24) is 59.5 Å². The third kappa shape index (κ3) is 30.5. The number of nitrogens with zero attached hydrogens (tertiary/aromatic N) is 14. The molecule has 13 aromatic rings. The maximum absolute atomic E-state index is 12.3. The molecule has 4 saturated heterocycles. The number of carboxylic acids is 1. The number of rotatable bonds is 17. The number of furan rings is 3. The van der Waals surface area contributed by atoms with Crippen molar-refractivity contribution in [2.24, 2.45) is 0 Å². The summed E-state index contributed by atoms with van der Waals surface area (Å²) >= 11 is 20.5. The molecular weight excluding hydrogens is 2170 g/mol. The zero-order valence-electron chi connectivity index (χ0n) is 86.6. The van der Waals surface area contributed by atoms with E-state index in [2.05, 4.69) is 129 Å². The van der Waals surface area contributed by atoms with Gasteiger partial charge >= 0.3 is 20.2 Å². The number of benzene rings is 2. The van der Waals surface area contributed by atoms with Gasteiger partial charge in [0.2, 0.25) is 17.6 Å². The van der Waals surface area contributed by atoms with E-state index < -0.39 is 31.4 Å². The lowest BCUT2D eigenvalue weighted by molar-refractivity contribution is 0.00578. The van der Waals surface area contributed by atoms with E-state index >= 15 is 0 Å². The van der Waals surface area contributed by atoms with Crippen molar-refractivity contribution in [2.75, 3.05) is 104 Å². The lowest BCUT2D eigenvalue weighted by Gasteiger charge is -2.32. The molecule has 4 aliphatic rings. The minimum Gasteiger partial charge on any atom is -0.489 e. The summed E-state index contributed by atoms with van der Waals surface area (Å²) in [7, 11) is 20.3. The van der Waals surface area contributed by atoms with Crippen LogP contribution >= 0.6 is 86.8 Å². The molecular formula is C103H118B3Br2Cl2IN14O20P. The maximum Gasteiger partial charge on any atom is 0.496 e. The van der Waals surface area contributed by atoms with E-state index in [1.165, 1.54) is 60.9 Å². The number of ether oxygens (including phenoxy) is 7. The monoisotopic (exact) mass is 2290 g/mol. The number of aromatic nitrogens is 8. The number of carbonyl (C=O) groups is 5. The van der Waals surface area contributed by atoms with Crippen molar-refractivity contribution in [2.45, 2.75) is 150 Å². The summed E-state index contributed by atoms with van der Waals surface area (Å²) in [6.45, 7) is 26.8. The van der Waals surface area contributed by atoms with Crippen molar-refractivity contribution < 1.29 is 94.1 Å². The van der Waals surface area contributed by atoms with Gasteiger partial charge in [-0.15, -0.1) is 0 Å². The zero-order valence-corrected chi connectivity index (χ0v) is 93.6. The first-order valence-corrected chi connectivity index (χ1v) is 50.1. The van der Waals surface area contributed by atoms with Gasteiger partial charge in [0.25, 0.3) is 23.6 Å². The lowest BCUT2D eigenvalue weighted by atomic mass is 9.78. The molecule has 17 rings (SSSR count). The number of methoxy groups -OCH3 is 3. The van der Waals surface area contributed by atoms with E-state index in [-0.39, 0.29) is 70.2 Å². The quantitative estimate of drug-likeness (QED) is 0.0502. The van der Waals surface area contributed by atoms with E-state index in [0.717, 1.165) is 72.9 Å². The van der Waals surface area contributed by atoms with Crippen molar-refractivity contribution in [3.63, 3.8) is 0 Å². The number of aromatic carboxylic acids is 1. The molecule has 146 heavy (non-hydrogen) atoms. The number of hydrogen-bond donors (Lipinski definition) is 1. The van der Waals surface area contributed by atoms with Crippen LogP contribution in [0.5, 0.6) is 29.1 Å². The molecule has 2 aromatic carbocycles. The molecule has 11 aromatic heterocycles. The zero-order chi connectivity index (χ0) is 108. The van der Waals surface area contributed by atoms with E-state index in [9.17, 15) is 34.5 Å². The largest absolute Gasteiger partial charge is 0.496 e. The Labute approximate surface area is 895 Å². The molecule has 1 unspecified atom stereocenters. The highest BCUT2D eigenvalue weighted by Crippen LogP contribution is 2.42. The first kappa shape index (κ1) is 116. The number of carboxylic acid groups (broad SMARTS) is 1. The number of halogens is 5. The summed E-state index contributed by atoms with van der Waals surface area (Å²) in [6.07, 6.45) is 9.67. The van der Waals surface area contributed by atoms with E-state index in [1.54, 1.807) is 154 Å². The van der Waals surface area contributed by atoms with Crippen LogP contribution in [0.25, 0.3) is 67.1 Å². The molecule has 43 heteroatoms. The number of nitriles is 2. The first-order chi connectivity index (χ1) is 69.6. The van der Waals surface area contributed by atoms with Crippen molar-refractivity contribution >= 4 is 182 Å². The van der Waals surface area contributed by atoms with Crippen molar-refractivity contribution in [3.8, 4) is 75.1 Å². The highest BCUT2D eigenvalue weighted by Gasteiger charge is 2.53. The summed E-state index contributed by atoms with van der Waals surface area (Å²) in [5.41, 5.74) is 10.7. The summed E-state index contributed by atoms with van der Waals surface area (Å²) in [5.74, 6) is 1.36. The van der Waals surface area contributed by atoms with Crippen LogP contribution in [0, 0.1) is 40.3 Å². The normalized spacial score (nSPS) is 14.5. The highest BCUT2D eigenvalue weighted by atomic mass is 127. The summed E-state index contributed by atoms with van der Waals surface area (Å²) < 4.78 is 88.3. The molecule has 0 aliphatic carbocycles. The van der Waals surface area contributed by atoms with Crippen LogP contribution in [-0.2, 0) is 28.1 Å². The second kappa shape index (κ2) is 53.7. The average molecular weight is 2290 g/mol. The number of pyridine rings is 8. The summed E-state index contributed by atoms with van der Waals surface area (Å²) in [6, 6.07) is 43.0. The Morgan fingerprint density at radius 3 is 1.28 bits per heavy atom. The van der Waals surface area contributed by atoms with Gasteiger partial charge in [-0.2, -0.15) is 19.6 Å². The minimum absolute atomic E-state index is 0.0324. The van der Waals surface area contributed by atoms with Gasteiger partial charge in [-0.1, -0.05) is 61.7 Å². The molecule has 15 heterocycles. The number of amides is 4. The standard InChI is InChI=1S/C28H26N4O5.C18H24BNO4.C16H14ClN3O3.C15H23BN2O3.C9H11BrN2O.C7H6BrNO3.C7H3ClINO.C3H8.BH3P/c1-32(2)28(33)22-6-5-21(27(31-22)34-3)25-15-23-26(37-25)20(8-11-30-23)17-4-7-24(18(14-17)16-29)36-19-9-12-35-13-10-19;1-17(2)18(3,4)24-19(23-17)14-5-6-16(13(11-14)12-20)22-15-7-9-21-10-8-15;1-20(2)16(21)11-5-4-9(15(19-11)22-3)13-8-12-14(23-13)10(17)6-7-18-12;1-10-11(8-9-12(17-10)13(19)18(6)7)16-20-14(2,3)15(4,5)21-16;1-6-7(10)4-5-8(11-6)9(13)12(2)3;1-12-6-4(8)2-3-5(9-6)7(10)11;8-4-1-2-10-5-3-6(9)11-7(4)5;1-3-2;1-2/h4-8,11,14-15,19H,9-10,12-13H2,1-3H3;5-6,11,15H,7-10H2,1-4H3;4-8H,1-3H3;8-9H,1-7H3;4-5H,1-3H3;2-3H,1H3,(H,10,11);1-3H;3H2,1-2H3;1H,2H2/i;;;;;;;;1D. The van der Waals surface area contributed by atoms with Gasteiger partial charge in [-0.3, -0.25) is 34.1 Å². The molecule has 0 bridgehead atoms. The molecule has 1 radical (unpaired) electrons. The fourth-order valence-electron chi connectivity index (χ4n) is 13.9. The molecule has 4 amide bonds. The van der Waals surface area contributed by atoms with Crippen molar-refractivity contribution in [1.29, 1.82) is 11.9 Å². The van der Waals surface area contributed by atoms with Gasteiger partial charge in [-0.25, -0.2) is 29.7 Å². The van der Waals surface area contributed by atoms with Crippen LogP contribution in [0.3, 0.4) is 0 Å². The van der Waals surface area contributed by atoms with Gasteiger partial charge in [-0.05, 0) is 233 Å². The van der Waals surface area contributed by atoms with E-state index in [1.807, 2.05) is 118 Å². The molecule has 0 spiro atoms. The van der Waals surface area contributed by atoms with Crippen LogP contribution in [-0.4, -0.2) is 256 Å². The van der Waals surface area contributed by atoms with Crippen LogP contribution < -0.4 is 34.6 Å². The molecule has 4 aliphatic heterocycles. The predicted molar refractivity (Wildman–Crippen MR) is 582 cm³/mol. The van der Waals surface area contributed by atoms with Crippen LogP contribution in [0.1, 0.15) is 176 Å². The number of hydrogen-bond acceptors (Lipinski definition) is 29. The Kier molecular flexibility index (Phi) is 42.8. The highest BCUT2D eigenvalue weighted by molar-refractivity contribution is 14.1. The second-order valence-corrected chi connectivity index (χ2v) is 39.3. The summed E-state index contributed by atoms with van der Waals surface area (Å²) in [4.78, 5) is 97.7. The van der Waals surface area contributed by atoms with Crippen LogP contribution in [0.4, 0.5) is 0 Å². The fourth-order valence-corrected chi connectivity index (χ4v) is 15.4. The van der Waals surface area contributed by atoms with Gasteiger partial charge < -0.3 is 89.7 Å². The van der Waals surface area contributed by atoms with Crippen LogP contribution in [0.15, 0.2) is 174 Å². The van der Waals surface area contributed by atoms with Gasteiger partial charge in [0, 0.05) is 140 Å². The van der Waals surface area contributed by atoms with Gasteiger partial charge in [0.05, 0.1) is 113 Å². The fraction of sp³-hybridized carbons (Fsp3) is 0.369. The maximum atomic E-state index is 12.3. The van der Waals surface area contributed by atoms with E-state index in [4.69, 9.17) is 94.7 Å². The smallest absolute Gasteiger partial charge is 0.489 e. The summed E-state index contributed by atoms with van der Waals surface area (Å²) in [5, 5.41) is 28.9. The number of aryl methyl sites for hydroxylation is 2. The molecule has 4 fully saturated rings. The predicted octanol–water partition coefficient (Wildman–Crippen LogP) is 19.3. The molecule has 769 valence electrons. The Morgan fingerprint density at radius 1 is 0.493 bits per heavy atom. The van der Waals surface area contributed by atoms with Crippen LogP contribution in [0.2, 0.25) is 10.0 Å². The second-order valence-electron chi connectivity index (χ2n) is 35.7. The molecule has 0 saturated carbocycles. The van der Waals surface area contributed by atoms with Gasteiger partial charge in [0.1, 0.15) is 94.2 Å².